The van der Waals surface area contributed by atoms with Gasteiger partial charge in [-0.3, -0.25) is 9.48 Å². The number of nitrogens with one attached hydrogen (secondary N) is 1. The van der Waals surface area contributed by atoms with Crippen molar-refractivity contribution in [2.75, 3.05) is 5.73 Å². The zero-order valence-corrected chi connectivity index (χ0v) is 7.46. The van der Waals surface area contributed by atoms with Gasteiger partial charge in [-0.05, 0) is 13.0 Å². The highest BCUT2D eigenvalue weighted by Crippen LogP contribution is 2.14. The number of aromatic amines is 1. The number of nitrogen functional groups attached to an aromatic ring is 1. The van der Waals surface area contributed by atoms with Gasteiger partial charge in [0.2, 0.25) is 0 Å². The highest BCUT2D eigenvalue weighted by atomic mass is 16.1. The van der Waals surface area contributed by atoms with Gasteiger partial charge >= 0.3 is 0 Å². The Hall–Kier alpha value is -1.78. The molecule has 5 nitrogen and oxygen atoms in total. The van der Waals surface area contributed by atoms with Gasteiger partial charge in [0, 0.05) is 12.4 Å². The molecule has 0 spiro atoms. The van der Waals surface area contributed by atoms with Gasteiger partial charge in [-0.2, -0.15) is 5.10 Å². The van der Waals surface area contributed by atoms with E-state index in [0.29, 0.717) is 5.65 Å². The normalized spacial score (nSPS) is 10.9. The van der Waals surface area contributed by atoms with E-state index in [1.165, 1.54) is 0 Å². The number of nitrogens with zero attached hydrogens (tertiary/aromatic N) is 2. The smallest absolute Gasteiger partial charge is 0.272 e. The van der Waals surface area contributed by atoms with Crippen LogP contribution in [0.5, 0.6) is 0 Å². The van der Waals surface area contributed by atoms with Crippen molar-refractivity contribution in [3.63, 3.8) is 0 Å². The van der Waals surface area contributed by atoms with Gasteiger partial charge in [-0.1, -0.05) is 0 Å². The third-order valence-corrected chi connectivity index (χ3v) is 2.06. The van der Waals surface area contributed by atoms with E-state index in [0.717, 1.165) is 11.1 Å². The third-order valence-electron chi connectivity index (χ3n) is 2.06. The minimum atomic E-state index is -0.268. The van der Waals surface area contributed by atoms with Crippen molar-refractivity contribution in [2.24, 2.45) is 7.05 Å². The fourth-order valence-corrected chi connectivity index (χ4v) is 1.40. The Kier molecular flexibility index (Phi) is 1.42. The summed E-state index contributed by atoms with van der Waals surface area (Å²) in [7, 11) is 1.78. The molecular formula is C8H10N4O. The second kappa shape index (κ2) is 2.35. The number of fused-ring (bicyclic) bond motifs is 1. The molecule has 2 aromatic rings. The Labute approximate surface area is 74.2 Å². The van der Waals surface area contributed by atoms with Gasteiger partial charge in [-0.25, -0.2) is 0 Å². The number of H-pyrrole nitrogens is 1. The topological polar surface area (TPSA) is 76.7 Å². The molecule has 68 valence electrons. The fraction of sp³-hybridized carbons (Fsp3) is 0.250. The van der Waals surface area contributed by atoms with E-state index in [4.69, 9.17) is 5.73 Å². The van der Waals surface area contributed by atoms with Crippen LogP contribution in [0.25, 0.3) is 11.0 Å². The molecule has 0 fully saturated rings. The van der Waals surface area contributed by atoms with E-state index in [1.54, 1.807) is 17.8 Å². The molecule has 5 heteroatoms. The van der Waals surface area contributed by atoms with Crippen LogP contribution in [0, 0.1) is 6.92 Å². The Morgan fingerprint density at radius 1 is 1.62 bits per heavy atom. The van der Waals surface area contributed by atoms with Crippen LogP contribution in [0.2, 0.25) is 0 Å². The Balaban J connectivity index is 3.00. The first-order valence-corrected chi connectivity index (χ1v) is 3.91. The van der Waals surface area contributed by atoms with Crippen molar-refractivity contribution in [1.29, 1.82) is 0 Å². The first-order chi connectivity index (χ1) is 6.09. The Morgan fingerprint density at radius 3 is 3.00 bits per heavy atom. The molecule has 0 bridgehead atoms. The maximum atomic E-state index is 11.2. The van der Waals surface area contributed by atoms with Crippen LogP contribution in [-0.4, -0.2) is 14.8 Å². The highest BCUT2D eigenvalue weighted by Gasteiger charge is 2.06. The van der Waals surface area contributed by atoms with Gasteiger partial charge < -0.3 is 10.7 Å². The second-order valence-electron chi connectivity index (χ2n) is 3.03. The van der Waals surface area contributed by atoms with E-state index in [9.17, 15) is 4.79 Å². The zero-order chi connectivity index (χ0) is 9.59. The van der Waals surface area contributed by atoms with Crippen molar-refractivity contribution in [3.8, 4) is 0 Å². The van der Waals surface area contributed by atoms with Crippen LogP contribution in [0.1, 0.15) is 5.69 Å². The van der Waals surface area contributed by atoms with Gasteiger partial charge in [0.05, 0.1) is 11.4 Å². The van der Waals surface area contributed by atoms with Crippen molar-refractivity contribution in [1.82, 2.24) is 14.8 Å². The van der Waals surface area contributed by atoms with Crippen LogP contribution in [-0.2, 0) is 7.05 Å². The van der Waals surface area contributed by atoms with Crippen molar-refractivity contribution in [2.45, 2.75) is 6.92 Å². The van der Waals surface area contributed by atoms with Crippen LogP contribution in [0.3, 0.4) is 0 Å². The van der Waals surface area contributed by atoms with Gasteiger partial charge in [0.1, 0.15) is 5.65 Å². The summed E-state index contributed by atoms with van der Waals surface area (Å²) >= 11 is 0. The van der Waals surface area contributed by atoms with Gasteiger partial charge in [0.25, 0.3) is 5.56 Å². The van der Waals surface area contributed by atoms with E-state index < -0.39 is 0 Å². The summed E-state index contributed by atoms with van der Waals surface area (Å²) in [4.78, 5) is 13.8. The molecule has 0 atom stereocenters. The average molecular weight is 178 g/mol. The molecule has 0 aliphatic heterocycles. The number of aromatic nitrogens is 3. The van der Waals surface area contributed by atoms with E-state index >= 15 is 0 Å². The monoisotopic (exact) mass is 178 g/mol. The predicted molar refractivity (Wildman–Crippen MR) is 50.5 cm³/mol. The molecule has 0 radical (unpaired) electrons. The van der Waals surface area contributed by atoms with Crippen molar-refractivity contribution in [3.05, 3.63) is 22.1 Å². The van der Waals surface area contributed by atoms with Crippen LogP contribution in [0.15, 0.2) is 10.9 Å². The SMILES string of the molecule is Cc1nn(C)c2[nH]c(=O)c(N)cc12. The first kappa shape index (κ1) is 7.85. The molecule has 0 aromatic carbocycles. The summed E-state index contributed by atoms with van der Waals surface area (Å²) in [6, 6.07) is 1.65. The number of nitrogens with two attached hydrogens (primary N) is 1. The lowest BCUT2D eigenvalue weighted by atomic mass is 10.2. The number of pyridine rings is 1. The second-order valence-corrected chi connectivity index (χ2v) is 3.03. The molecule has 2 aromatic heterocycles. The molecule has 2 heterocycles. The summed E-state index contributed by atoms with van der Waals surface area (Å²) in [6.45, 7) is 1.88. The maximum absolute atomic E-state index is 11.2. The number of hydrogen-bond acceptors (Lipinski definition) is 3. The van der Waals surface area contributed by atoms with E-state index in [1.807, 2.05) is 6.92 Å². The quantitative estimate of drug-likeness (QED) is 0.603. The van der Waals surface area contributed by atoms with Gasteiger partial charge in [0.15, 0.2) is 0 Å². The third kappa shape index (κ3) is 1.00. The van der Waals surface area contributed by atoms with E-state index in [-0.39, 0.29) is 11.2 Å². The minimum Gasteiger partial charge on any atom is -0.394 e. The van der Waals surface area contributed by atoms with Crippen LogP contribution in [0.4, 0.5) is 5.69 Å². The number of anilines is 1. The standard InChI is InChI=1S/C8H10N4O/c1-4-5-3-6(9)8(13)10-7(5)12(2)11-4/h3H,9H2,1-2H3,(H,10,13). The van der Waals surface area contributed by atoms with E-state index in [2.05, 4.69) is 10.1 Å². The molecule has 3 N–H and O–H groups in total. The fourth-order valence-electron chi connectivity index (χ4n) is 1.40. The molecular weight excluding hydrogens is 168 g/mol. The molecule has 2 rings (SSSR count). The van der Waals surface area contributed by atoms with Crippen LogP contribution < -0.4 is 11.3 Å². The molecule has 13 heavy (non-hydrogen) atoms. The zero-order valence-electron chi connectivity index (χ0n) is 7.46. The lowest BCUT2D eigenvalue weighted by Gasteiger charge is -1.94. The number of rotatable bonds is 0. The Bertz CT molecular complexity index is 523. The lowest BCUT2D eigenvalue weighted by molar-refractivity contribution is 0.772. The summed E-state index contributed by atoms with van der Waals surface area (Å²) in [5.41, 5.74) is 7.01. The Morgan fingerprint density at radius 2 is 2.31 bits per heavy atom. The van der Waals surface area contributed by atoms with Gasteiger partial charge in [-0.15, -0.1) is 0 Å². The molecule has 0 saturated carbocycles. The lowest BCUT2D eigenvalue weighted by Crippen LogP contribution is -2.11. The predicted octanol–water partition coefficient (Wildman–Crippen LogP) is 0.152. The minimum absolute atomic E-state index is 0.226. The highest BCUT2D eigenvalue weighted by molar-refractivity contribution is 5.80. The first-order valence-electron chi connectivity index (χ1n) is 3.91. The molecule has 0 amide bonds. The maximum Gasteiger partial charge on any atom is 0.272 e. The van der Waals surface area contributed by atoms with Crippen molar-refractivity contribution >= 4 is 16.7 Å². The molecule has 0 aliphatic carbocycles. The molecule has 0 aliphatic rings. The van der Waals surface area contributed by atoms with Crippen LogP contribution >= 0.6 is 0 Å². The number of hydrogen-bond donors (Lipinski definition) is 2. The summed E-state index contributed by atoms with van der Waals surface area (Å²) in [6.07, 6.45) is 0. The summed E-state index contributed by atoms with van der Waals surface area (Å²) in [5, 5.41) is 5.05. The molecule has 0 unspecified atom stereocenters. The van der Waals surface area contributed by atoms with Crippen molar-refractivity contribution < 1.29 is 0 Å². The largest absolute Gasteiger partial charge is 0.394 e. The summed E-state index contributed by atoms with van der Waals surface area (Å²) < 4.78 is 1.63. The average Bonchev–Trinajstić information content (AvgIpc) is 2.31. The summed E-state index contributed by atoms with van der Waals surface area (Å²) in [5.74, 6) is 0. The number of aryl methyl sites for hydroxylation is 2. The molecule has 0 saturated heterocycles.